The van der Waals surface area contributed by atoms with Crippen LogP contribution in [0.4, 0.5) is 0 Å². The number of carboxylic acid groups (broad SMARTS) is 1. The highest BCUT2D eigenvalue weighted by Crippen LogP contribution is 2.14. The molecule has 104 valence electrons. The Morgan fingerprint density at radius 3 is 2.78 bits per heavy atom. The number of hydrogen-bond donors (Lipinski definition) is 2. The van der Waals surface area contributed by atoms with E-state index in [9.17, 15) is 9.59 Å². The molecule has 1 heterocycles. The average molecular weight is 258 g/mol. The molecule has 0 saturated carbocycles. The number of aliphatic carboxylic acids is 1. The first kappa shape index (κ1) is 14.9. The molecule has 0 aromatic carbocycles. The Labute approximate surface area is 107 Å². The molecule has 6 nitrogen and oxygen atoms in total. The number of likely N-dealkylation sites (N-methyl/N-ethyl adjacent to an activating group) is 1. The fraction of sp³-hybridized carbons (Fsp3) is 0.833. The zero-order chi connectivity index (χ0) is 13.5. The van der Waals surface area contributed by atoms with E-state index in [0.717, 1.165) is 19.4 Å². The van der Waals surface area contributed by atoms with Crippen LogP contribution in [0.15, 0.2) is 0 Å². The lowest BCUT2D eigenvalue weighted by Gasteiger charge is -2.26. The summed E-state index contributed by atoms with van der Waals surface area (Å²) in [6, 6.07) is -0.734. The molecule has 1 rings (SSSR count). The Hall–Kier alpha value is -1.14. The van der Waals surface area contributed by atoms with Gasteiger partial charge in [-0.15, -0.1) is 0 Å². The Morgan fingerprint density at radius 2 is 2.28 bits per heavy atom. The number of nitrogens with zero attached hydrogens (tertiary/aromatic N) is 1. The molecule has 1 amide bonds. The van der Waals surface area contributed by atoms with Crippen molar-refractivity contribution in [1.82, 2.24) is 4.90 Å². The number of carbonyl (C=O) groups is 2. The van der Waals surface area contributed by atoms with Crippen LogP contribution in [0.25, 0.3) is 0 Å². The second-order valence-electron chi connectivity index (χ2n) is 4.55. The van der Waals surface area contributed by atoms with Gasteiger partial charge < -0.3 is 20.5 Å². The predicted molar refractivity (Wildman–Crippen MR) is 66.1 cm³/mol. The van der Waals surface area contributed by atoms with Gasteiger partial charge in [-0.25, -0.2) is 0 Å². The van der Waals surface area contributed by atoms with Crippen molar-refractivity contribution in [3.8, 4) is 0 Å². The molecule has 3 N–H and O–H groups in total. The number of carboxylic acids is 1. The van der Waals surface area contributed by atoms with Crippen LogP contribution in [-0.4, -0.2) is 53.7 Å². The van der Waals surface area contributed by atoms with Crippen molar-refractivity contribution in [3.05, 3.63) is 0 Å². The molecule has 0 aliphatic carbocycles. The van der Waals surface area contributed by atoms with Crippen LogP contribution in [-0.2, 0) is 14.3 Å². The molecular formula is C12H22N2O4. The molecule has 2 unspecified atom stereocenters. The van der Waals surface area contributed by atoms with Crippen molar-refractivity contribution >= 4 is 11.9 Å². The fourth-order valence-corrected chi connectivity index (χ4v) is 2.05. The minimum Gasteiger partial charge on any atom is -0.481 e. The van der Waals surface area contributed by atoms with E-state index in [0.29, 0.717) is 13.1 Å². The molecule has 18 heavy (non-hydrogen) atoms. The summed E-state index contributed by atoms with van der Waals surface area (Å²) in [5.41, 5.74) is 5.72. The maximum absolute atomic E-state index is 12.0. The Morgan fingerprint density at radius 1 is 1.56 bits per heavy atom. The van der Waals surface area contributed by atoms with E-state index in [1.165, 1.54) is 0 Å². The number of carbonyl (C=O) groups excluding carboxylic acids is 1. The first-order chi connectivity index (χ1) is 8.54. The third-order valence-corrected chi connectivity index (χ3v) is 3.13. The zero-order valence-corrected chi connectivity index (χ0v) is 10.8. The molecule has 6 heteroatoms. The SMILES string of the molecule is CCN(CC1CCCO1)C(=O)C(N)CCC(=O)O. The van der Waals surface area contributed by atoms with Crippen LogP contribution >= 0.6 is 0 Å². The predicted octanol–water partition coefficient (Wildman–Crippen LogP) is 0.206. The monoisotopic (exact) mass is 258 g/mol. The van der Waals surface area contributed by atoms with Gasteiger partial charge in [-0.2, -0.15) is 0 Å². The van der Waals surface area contributed by atoms with E-state index < -0.39 is 12.0 Å². The van der Waals surface area contributed by atoms with Crippen LogP contribution in [0, 0.1) is 0 Å². The Bertz CT molecular complexity index is 290. The van der Waals surface area contributed by atoms with E-state index in [1.807, 2.05) is 6.92 Å². The lowest BCUT2D eigenvalue weighted by atomic mass is 10.1. The van der Waals surface area contributed by atoms with E-state index in [4.69, 9.17) is 15.6 Å². The molecule has 0 spiro atoms. The number of amides is 1. The number of rotatable bonds is 7. The smallest absolute Gasteiger partial charge is 0.303 e. The highest BCUT2D eigenvalue weighted by Gasteiger charge is 2.25. The van der Waals surface area contributed by atoms with Gasteiger partial charge in [-0.3, -0.25) is 9.59 Å². The van der Waals surface area contributed by atoms with Gasteiger partial charge in [-0.05, 0) is 26.2 Å². The second kappa shape index (κ2) is 7.33. The minimum atomic E-state index is -0.930. The third kappa shape index (κ3) is 4.62. The third-order valence-electron chi connectivity index (χ3n) is 3.13. The molecule has 1 aliphatic rings. The standard InChI is InChI=1S/C12H22N2O4/c1-2-14(8-9-4-3-7-18-9)12(17)10(13)5-6-11(15)16/h9-10H,2-8,13H2,1H3,(H,15,16). The first-order valence-electron chi connectivity index (χ1n) is 6.42. The van der Waals surface area contributed by atoms with Crippen molar-refractivity contribution in [2.75, 3.05) is 19.7 Å². The Balaban J connectivity index is 2.41. The maximum atomic E-state index is 12.0. The van der Waals surface area contributed by atoms with Gasteiger partial charge in [0.25, 0.3) is 0 Å². The normalized spacial score (nSPS) is 20.7. The van der Waals surface area contributed by atoms with E-state index in [2.05, 4.69) is 0 Å². The van der Waals surface area contributed by atoms with Gasteiger partial charge in [0.05, 0.1) is 12.1 Å². The van der Waals surface area contributed by atoms with Crippen LogP contribution in [0.5, 0.6) is 0 Å². The largest absolute Gasteiger partial charge is 0.481 e. The summed E-state index contributed by atoms with van der Waals surface area (Å²) in [6.45, 7) is 3.76. The quantitative estimate of drug-likeness (QED) is 0.680. The van der Waals surface area contributed by atoms with Crippen LogP contribution in [0.2, 0.25) is 0 Å². The first-order valence-corrected chi connectivity index (χ1v) is 6.42. The second-order valence-corrected chi connectivity index (χ2v) is 4.55. The van der Waals surface area contributed by atoms with Gasteiger partial charge in [0, 0.05) is 26.1 Å². The van der Waals surface area contributed by atoms with Crippen molar-refractivity contribution in [2.45, 2.75) is 44.8 Å². The molecule has 0 bridgehead atoms. The van der Waals surface area contributed by atoms with Gasteiger partial charge in [0.15, 0.2) is 0 Å². The number of hydrogen-bond acceptors (Lipinski definition) is 4. The Kier molecular flexibility index (Phi) is 6.07. The summed E-state index contributed by atoms with van der Waals surface area (Å²) >= 11 is 0. The molecule has 0 aromatic rings. The van der Waals surface area contributed by atoms with Crippen molar-refractivity contribution in [3.63, 3.8) is 0 Å². The van der Waals surface area contributed by atoms with Crippen molar-refractivity contribution in [1.29, 1.82) is 0 Å². The molecule has 0 aromatic heterocycles. The molecule has 1 saturated heterocycles. The van der Waals surface area contributed by atoms with Crippen molar-refractivity contribution in [2.24, 2.45) is 5.73 Å². The van der Waals surface area contributed by atoms with E-state index >= 15 is 0 Å². The molecule has 0 radical (unpaired) electrons. The summed E-state index contributed by atoms with van der Waals surface area (Å²) < 4.78 is 5.48. The topological polar surface area (TPSA) is 92.9 Å². The van der Waals surface area contributed by atoms with E-state index in [-0.39, 0.29) is 24.9 Å². The van der Waals surface area contributed by atoms with Crippen molar-refractivity contribution < 1.29 is 19.4 Å². The summed E-state index contributed by atoms with van der Waals surface area (Å²) in [5, 5.41) is 8.57. The molecule has 2 atom stereocenters. The van der Waals surface area contributed by atoms with Crippen LogP contribution < -0.4 is 5.73 Å². The summed E-state index contributed by atoms with van der Waals surface area (Å²) in [7, 11) is 0. The fourth-order valence-electron chi connectivity index (χ4n) is 2.05. The average Bonchev–Trinajstić information content (AvgIpc) is 2.84. The zero-order valence-electron chi connectivity index (χ0n) is 10.8. The van der Waals surface area contributed by atoms with Crippen LogP contribution in [0.1, 0.15) is 32.6 Å². The number of ether oxygens (including phenoxy) is 1. The molecule has 1 fully saturated rings. The van der Waals surface area contributed by atoms with E-state index in [1.54, 1.807) is 4.90 Å². The van der Waals surface area contributed by atoms with Gasteiger partial charge in [0.1, 0.15) is 0 Å². The molecular weight excluding hydrogens is 236 g/mol. The highest BCUT2D eigenvalue weighted by molar-refractivity contribution is 5.82. The summed E-state index contributed by atoms with van der Waals surface area (Å²) in [5.74, 6) is -1.12. The van der Waals surface area contributed by atoms with Gasteiger partial charge in [0.2, 0.25) is 5.91 Å². The molecule has 1 aliphatic heterocycles. The minimum absolute atomic E-state index is 0.0790. The summed E-state index contributed by atoms with van der Waals surface area (Å²) in [6.07, 6.45) is 2.19. The van der Waals surface area contributed by atoms with Gasteiger partial charge in [-0.1, -0.05) is 0 Å². The highest BCUT2D eigenvalue weighted by atomic mass is 16.5. The summed E-state index contributed by atoms with van der Waals surface area (Å²) in [4.78, 5) is 24.1. The van der Waals surface area contributed by atoms with Gasteiger partial charge >= 0.3 is 5.97 Å². The lowest BCUT2D eigenvalue weighted by Crippen LogP contribution is -2.46. The lowest BCUT2D eigenvalue weighted by molar-refractivity contribution is -0.138. The maximum Gasteiger partial charge on any atom is 0.303 e. The van der Waals surface area contributed by atoms with Crippen LogP contribution in [0.3, 0.4) is 0 Å². The number of nitrogens with two attached hydrogens (primary N) is 1.